The highest BCUT2D eigenvalue weighted by molar-refractivity contribution is 5.77. The monoisotopic (exact) mass is 157 g/mol. The Kier molecular flexibility index (Phi) is 13.0. The second-order valence-corrected chi connectivity index (χ2v) is 1.33. The van der Waals surface area contributed by atoms with Gasteiger partial charge in [0, 0.05) is 20.9 Å². The molecule has 0 aromatic rings. The molecule has 0 aromatic heterocycles. The zero-order valence-electron chi connectivity index (χ0n) is 7.46. The Bertz CT molecular complexity index is 141. The summed E-state index contributed by atoms with van der Waals surface area (Å²) in [5.74, 6) is 0. The summed E-state index contributed by atoms with van der Waals surface area (Å²) in [6.45, 7) is 7.41. The van der Waals surface area contributed by atoms with Crippen molar-refractivity contribution in [3.63, 3.8) is 0 Å². The molecule has 0 radical (unpaired) electrons. The minimum absolute atomic E-state index is 0. The predicted octanol–water partition coefficient (Wildman–Crippen LogP) is 1.49. The number of aliphatic imine (C=N–C) groups is 1. The lowest BCUT2D eigenvalue weighted by Crippen LogP contribution is -2.08. The average molecular weight is 157 g/mol. The Morgan fingerprint density at radius 2 is 2.18 bits per heavy atom. The molecule has 0 heterocycles. The Morgan fingerprint density at radius 1 is 1.64 bits per heavy atom. The fourth-order valence-corrected chi connectivity index (χ4v) is 0.324. The number of rotatable bonds is 3. The molecule has 3 N–H and O–H groups in total. The lowest BCUT2D eigenvalue weighted by Gasteiger charge is -1.94. The van der Waals surface area contributed by atoms with E-state index < -0.39 is 0 Å². The van der Waals surface area contributed by atoms with Gasteiger partial charge in [-0.1, -0.05) is 20.4 Å². The van der Waals surface area contributed by atoms with Gasteiger partial charge in [-0.2, -0.15) is 0 Å². The minimum Gasteiger partial charge on any atom is -0.403 e. The smallest absolute Gasteiger partial charge is 0.0680 e. The molecule has 0 saturated carbocycles. The molecule has 0 spiro atoms. The zero-order valence-corrected chi connectivity index (χ0v) is 7.46. The van der Waals surface area contributed by atoms with E-state index in [2.05, 4.69) is 16.9 Å². The summed E-state index contributed by atoms with van der Waals surface area (Å²) in [4.78, 5) is 3.74. The molecule has 66 valence electrons. The quantitative estimate of drug-likeness (QED) is 0.610. The van der Waals surface area contributed by atoms with E-state index in [0.717, 1.165) is 5.70 Å². The lowest BCUT2D eigenvalue weighted by atomic mass is 10.5. The maximum Gasteiger partial charge on any atom is 0.0680 e. The van der Waals surface area contributed by atoms with Crippen molar-refractivity contribution in [2.45, 2.75) is 13.8 Å². The van der Waals surface area contributed by atoms with E-state index in [1.807, 2.05) is 13.8 Å². The van der Waals surface area contributed by atoms with Crippen LogP contribution in [0.4, 0.5) is 0 Å². The minimum atomic E-state index is 0. The first-order valence-electron chi connectivity index (χ1n) is 3.59. The standard InChI is InChI=1S/C6H11N3.C2H6.H2/c1-3-9-5-6(4-7)8-2;1-2;/h3-5,8H,1,7H2,2H3;1-2H3;1H/b6-4+,9-5?;;. The number of nitrogens with zero attached hydrogens (tertiary/aromatic N) is 1. The summed E-state index contributed by atoms with van der Waals surface area (Å²) in [7, 11) is 1.77. The lowest BCUT2D eigenvalue weighted by molar-refractivity contribution is 1.05. The molecule has 0 aromatic carbocycles. The molecule has 3 nitrogen and oxygen atoms in total. The van der Waals surface area contributed by atoms with E-state index in [0.29, 0.717) is 0 Å². The van der Waals surface area contributed by atoms with E-state index in [1.165, 1.54) is 12.4 Å². The molecular formula is C8H19N3. The molecule has 0 amide bonds. The highest BCUT2D eigenvalue weighted by Crippen LogP contribution is 1.77. The molecule has 0 saturated heterocycles. The van der Waals surface area contributed by atoms with Crippen LogP contribution in [-0.2, 0) is 0 Å². The van der Waals surface area contributed by atoms with Crippen LogP contribution in [0.3, 0.4) is 0 Å². The van der Waals surface area contributed by atoms with Gasteiger partial charge >= 0.3 is 0 Å². The number of hydrogen-bond donors (Lipinski definition) is 2. The van der Waals surface area contributed by atoms with Crippen molar-refractivity contribution in [2.75, 3.05) is 7.05 Å². The van der Waals surface area contributed by atoms with Gasteiger partial charge in [0.05, 0.1) is 11.9 Å². The van der Waals surface area contributed by atoms with Gasteiger partial charge in [0.1, 0.15) is 0 Å². The normalized spacial score (nSPS) is 10.3. The van der Waals surface area contributed by atoms with Crippen LogP contribution in [0.15, 0.2) is 29.7 Å². The van der Waals surface area contributed by atoms with E-state index >= 15 is 0 Å². The fraction of sp³-hybridized carbons (Fsp3) is 0.375. The topological polar surface area (TPSA) is 50.4 Å². The van der Waals surface area contributed by atoms with E-state index in [1.54, 1.807) is 13.3 Å². The Hall–Kier alpha value is -1.25. The van der Waals surface area contributed by atoms with E-state index in [-0.39, 0.29) is 1.43 Å². The van der Waals surface area contributed by atoms with Crippen LogP contribution in [0, 0.1) is 0 Å². The van der Waals surface area contributed by atoms with Gasteiger partial charge in [0.15, 0.2) is 0 Å². The molecule has 0 aliphatic rings. The molecular weight excluding hydrogens is 138 g/mol. The van der Waals surface area contributed by atoms with Crippen LogP contribution in [0.25, 0.3) is 0 Å². The first kappa shape index (κ1) is 12.4. The number of nitrogens with one attached hydrogen (secondary N) is 1. The third-order valence-electron chi connectivity index (χ3n) is 0.787. The Morgan fingerprint density at radius 3 is 2.45 bits per heavy atom. The van der Waals surface area contributed by atoms with Crippen molar-refractivity contribution >= 4 is 6.21 Å². The highest BCUT2D eigenvalue weighted by atomic mass is 14.9. The van der Waals surface area contributed by atoms with Crippen molar-refractivity contribution in [3.05, 3.63) is 24.7 Å². The molecule has 0 aliphatic carbocycles. The first-order chi connectivity index (χ1) is 5.35. The van der Waals surface area contributed by atoms with Gasteiger partial charge in [-0.05, 0) is 0 Å². The highest BCUT2D eigenvalue weighted by Gasteiger charge is 1.79. The largest absolute Gasteiger partial charge is 0.403 e. The Balaban J connectivity index is -0.000000249. The maximum absolute atomic E-state index is 5.17. The summed E-state index contributed by atoms with van der Waals surface area (Å²) in [6, 6.07) is 0. The van der Waals surface area contributed by atoms with Gasteiger partial charge in [-0.25, -0.2) is 0 Å². The molecule has 0 fully saturated rings. The molecule has 0 rings (SSSR count). The van der Waals surface area contributed by atoms with E-state index in [9.17, 15) is 0 Å². The van der Waals surface area contributed by atoms with Crippen molar-refractivity contribution in [2.24, 2.45) is 10.7 Å². The zero-order chi connectivity index (χ0) is 9.11. The summed E-state index contributed by atoms with van der Waals surface area (Å²) in [6.07, 6.45) is 4.47. The van der Waals surface area contributed by atoms with E-state index in [4.69, 9.17) is 5.73 Å². The second kappa shape index (κ2) is 11.5. The van der Waals surface area contributed by atoms with Crippen molar-refractivity contribution in [3.8, 4) is 0 Å². The molecule has 0 atom stereocenters. The maximum atomic E-state index is 5.17. The van der Waals surface area contributed by atoms with Gasteiger partial charge in [0.25, 0.3) is 0 Å². The number of hydrogen-bond acceptors (Lipinski definition) is 3. The molecule has 0 aliphatic heterocycles. The number of nitrogens with two attached hydrogens (primary N) is 1. The van der Waals surface area contributed by atoms with Crippen molar-refractivity contribution in [1.29, 1.82) is 0 Å². The summed E-state index contributed by atoms with van der Waals surface area (Å²) in [5, 5.41) is 2.83. The average Bonchev–Trinajstić information content (AvgIpc) is 2.10. The van der Waals surface area contributed by atoms with Crippen molar-refractivity contribution in [1.82, 2.24) is 5.32 Å². The van der Waals surface area contributed by atoms with Crippen LogP contribution >= 0.6 is 0 Å². The molecule has 3 heteroatoms. The fourth-order valence-electron chi connectivity index (χ4n) is 0.324. The summed E-state index contributed by atoms with van der Waals surface area (Å²) in [5.41, 5.74) is 5.95. The first-order valence-corrected chi connectivity index (χ1v) is 3.59. The second-order valence-electron chi connectivity index (χ2n) is 1.33. The predicted molar refractivity (Wildman–Crippen MR) is 53.5 cm³/mol. The van der Waals surface area contributed by atoms with Gasteiger partial charge in [-0.3, -0.25) is 4.99 Å². The number of allylic oxidation sites excluding steroid dienone is 1. The van der Waals surface area contributed by atoms with Crippen LogP contribution in [-0.4, -0.2) is 13.3 Å². The molecule has 11 heavy (non-hydrogen) atoms. The van der Waals surface area contributed by atoms with Gasteiger partial charge in [-0.15, -0.1) is 0 Å². The van der Waals surface area contributed by atoms with Gasteiger partial charge < -0.3 is 11.1 Å². The van der Waals surface area contributed by atoms with Crippen LogP contribution < -0.4 is 11.1 Å². The summed E-state index contributed by atoms with van der Waals surface area (Å²) >= 11 is 0. The Labute approximate surface area is 70.2 Å². The third-order valence-corrected chi connectivity index (χ3v) is 0.787. The van der Waals surface area contributed by atoms with Crippen LogP contribution in [0.1, 0.15) is 15.3 Å². The molecule has 0 bridgehead atoms. The SMILES string of the molecule is C=CN=C/C(=C\N)NC.CC.[HH]. The van der Waals surface area contributed by atoms with Crippen LogP contribution in [0.5, 0.6) is 0 Å². The third kappa shape index (κ3) is 8.75. The summed E-state index contributed by atoms with van der Waals surface area (Å²) < 4.78 is 0. The van der Waals surface area contributed by atoms with Gasteiger partial charge in [0.2, 0.25) is 0 Å². The molecule has 0 unspecified atom stereocenters. The van der Waals surface area contributed by atoms with Crippen molar-refractivity contribution < 1.29 is 1.43 Å². The van der Waals surface area contributed by atoms with Crippen LogP contribution in [0.2, 0.25) is 0 Å².